The van der Waals surface area contributed by atoms with E-state index in [-0.39, 0.29) is 11.5 Å². The molecular weight excluding hydrogens is 292 g/mol. The summed E-state index contributed by atoms with van der Waals surface area (Å²) in [5.74, 6) is 0.565. The summed E-state index contributed by atoms with van der Waals surface area (Å²) in [6.07, 6.45) is 1.47. The topological polar surface area (TPSA) is 68.6 Å². The van der Waals surface area contributed by atoms with Gasteiger partial charge < -0.3 is 19.9 Å². The number of benzene rings is 1. The van der Waals surface area contributed by atoms with E-state index in [9.17, 15) is 10.1 Å². The van der Waals surface area contributed by atoms with Crippen molar-refractivity contribution >= 4 is 11.6 Å². The molecule has 6 nitrogen and oxygen atoms in total. The van der Waals surface area contributed by atoms with Crippen LogP contribution >= 0.6 is 0 Å². The third-order valence-corrected chi connectivity index (χ3v) is 3.69. The SMILES string of the molecule is CCOc1ccc(N/C=C(/C#N)C(=O)N2CCN(C)CC2)cc1. The minimum Gasteiger partial charge on any atom is -0.494 e. The van der Waals surface area contributed by atoms with Crippen molar-refractivity contribution in [3.63, 3.8) is 0 Å². The molecule has 0 atom stereocenters. The Labute approximate surface area is 136 Å². The normalized spacial score (nSPS) is 15.9. The fourth-order valence-electron chi connectivity index (χ4n) is 2.29. The lowest BCUT2D eigenvalue weighted by Crippen LogP contribution is -2.47. The summed E-state index contributed by atoms with van der Waals surface area (Å²) in [6, 6.07) is 9.35. The van der Waals surface area contributed by atoms with Crippen LogP contribution in [0.4, 0.5) is 5.69 Å². The lowest BCUT2D eigenvalue weighted by atomic mass is 10.2. The first-order chi connectivity index (χ1) is 11.1. The van der Waals surface area contributed by atoms with Gasteiger partial charge in [0.15, 0.2) is 0 Å². The Balaban J connectivity index is 1.98. The second kappa shape index (κ2) is 8.20. The third-order valence-electron chi connectivity index (χ3n) is 3.69. The zero-order valence-electron chi connectivity index (χ0n) is 13.6. The lowest BCUT2D eigenvalue weighted by Gasteiger charge is -2.32. The van der Waals surface area contributed by atoms with E-state index in [1.165, 1.54) is 6.20 Å². The molecule has 1 fully saturated rings. The predicted octanol–water partition coefficient (Wildman–Crippen LogP) is 1.68. The molecule has 122 valence electrons. The van der Waals surface area contributed by atoms with Crippen LogP contribution in [0.5, 0.6) is 5.75 Å². The Kier molecular flexibility index (Phi) is 6.01. The average molecular weight is 314 g/mol. The van der Waals surface area contributed by atoms with Gasteiger partial charge in [-0.3, -0.25) is 4.79 Å². The minimum atomic E-state index is -0.223. The van der Waals surface area contributed by atoms with E-state index in [1.807, 2.05) is 44.3 Å². The van der Waals surface area contributed by atoms with Gasteiger partial charge in [-0.05, 0) is 38.2 Å². The van der Waals surface area contributed by atoms with E-state index >= 15 is 0 Å². The van der Waals surface area contributed by atoms with Crippen molar-refractivity contribution in [1.82, 2.24) is 9.80 Å². The van der Waals surface area contributed by atoms with Crippen LogP contribution in [0.2, 0.25) is 0 Å². The van der Waals surface area contributed by atoms with Crippen LogP contribution in [0.25, 0.3) is 0 Å². The van der Waals surface area contributed by atoms with Crippen LogP contribution in [0.1, 0.15) is 6.92 Å². The Morgan fingerprint density at radius 3 is 2.52 bits per heavy atom. The molecule has 1 aliphatic heterocycles. The van der Waals surface area contributed by atoms with Crippen molar-refractivity contribution in [2.75, 3.05) is 45.2 Å². The van der Waals surface area contributed by atoms with E-state index in [0.717, 1.165) is 24.5 Å². The van der Waals surface area contributed by atoms with E-state index in [4.69, 9.17) is 4.74 Å². The first kappa shape index (κ1) is 16.8. The van der Waals surface area contributed by atoms with Gasteiger partial charge in [0.1, 0.15) is 17.4 Å². The number of carbonyl (C=O) groups is 1. The zero-order valence-corrected chi connectivity index (χ0v) is 13.6. The van der Waals surface area contributed by atoms with Gasteiger partial charge >= 0.3 is 0 Å². The highest BCUT2D eigenvalue weighted by Gasteiger charge is 2.21. The van der Waals surface area contributed by atoms with Crippen molar-refractivity contribution < 1.29 is 9.53 Å². The standard InChI is InChI=1S/C17H22N4O2/c1-3-23-16-6-4-15(5-7-16)19-13-14(12-18)17(22)21-10-8-20(2)9-11-21/h4-7,13,19H,3,8-11H2,1-2H3/b14-13-. The second-order valence-corrected chi connectivity index (χ2v) is 5.37. The Morgan fingerprint density at radius 1 is 1.30 bits per heavy atom. The van der Waals surface area contributed by atoms with Crippen molar-refractivity contribution in [1.29, 1.82) is 5.26 Å². The number of nitrogens with zero attached hydrogens (tertiary/aromatic N) is 3. The molecule has 0 bridgehead atoms. The maximum Gasteiger partial charge on any atom is 0.266 e. The summed E-state index contributed by atoms with van der Waals surface area (Å²) in [5, 5.41) is 12.2. The number of nitrogens with one attached hydrogen (secondary N) is 1. The highest BCUT2D eigenvalue weighted by Crippen LogP contribution is 2.16. The van der Waals surface area contributed by atoms with Crippen LogP contribution in [0.15, 0.2) is 36.0 Å². The van der Waals surface area contributed by atoms with Gasteiger partial charge in [0.2, 0.25) is 0 Å². The van der Waals surface area contributed by atoms with E-state index < -0.39 is 0 Å². The summed E-state index contributed by atoms with van der Waals surface area (Å²) in [7, 11) is 2.02. The molecule has 1 saturated heterocycles. The van der Waals surface area contributed by atoms with Crippen LogP contribution < -0.4 is 10.1 Å². The molecule has 0 saturated carbocycles. The number of carbonyl (C=O) groups excluding carboxylic acids is 1. The number of ether oxygens (including phenoxy) is 1. The molecule has 0 radical (unpaired) electrons. The molecule has 0 unspecified atom stereocenters. The van der Waals surface area contributed by atoms with Crippen LogP contribution in [0.3, 0.4) is 0 Å². The first-order valence-corrected chi connectivity index (χ1v) is 7.71. The summed E-state index contributed by atoms with van der Waals surface area (Å²) < 4.78 is 5.37. The van der Waals surface area contributed by atoms with Crippen molar-refractivity contribution in [2.24, 2.45) is 0 Å². The van der Waals surface area contributed by atoms with Gasteiger partial charge in [0.05, 0.1) is 6.61 Å². The number of anilines is 1. The minimum absolute atomic E-state index is 0.114. The monoisotopic (exact) mass is 314 g/mol. The third kappa shape index (κ3) is 4.73. The lowest BCUT2D eigenvalue weighted by molar-refractivity contribution is -0.128. The fraction of sp³-hybridized carbons (Fsp3) is 0.412. The molecule has 2 rings (SSSR count). The van der Waals surface area contributed by atoms with E-state index in [0.29, 0.717) is 19.7 Å². The van der Waals surface area contributed by atoms with Gasteiger partial charge in [-0.15, -0.1) is 0 Å². The molecule has 0 aromatic heterocycles. The van der Waals surface area contributed by atoms with Gasteiger partial charge in [-0.1, -0.05) is 0 Å². The number of likely N-dealkylation sites (N-methyl/N-ethyl adjacent to an activating group) is 1. The quantitative estimate of drug-likeness (QED) is 0.661. The number of hydrogen-bond donors (Lipinski definition) is 1. The molecule has 1 aromatic carbocycles. The Hall–Kier alpha value is -2.52. The van der Waals surface area contributed by atoms with Crippen LogP contribution in [-0.4, -0.2) is 55.5 Å². The summed E-state index contributed by atoms with van der Waals surface area (Å²) in [5.41, 5.74) is 0.913. The van der Waals surface area contributed by atoms with Crippen molar-refractivity contribution in [3.05, 3.63) is 36.0 Å². The largest absolute Gasteiger partial charge is 0.494 e. The van der Waals surface area contributed by atoms with Crippen LogP contribution in [0, 0.1) is 11.3 Å². The molecule has 0 aliphatic carbocycles. The summed E-state index contributed by atoms with van der Waals surface area (Å²) >= 11 is 0. The van der Waals surface area contributed by atoms with E-state index in [1.54, 1.807) is 4.90 Å². The fourth-order valence-corrected chi connectivity index (χ4v) is 2.29. The summed E-state index contributed by atoms with van der Waals surface area (Å²) in [6.45, 7) is 5.51. The molecule has 0 spiro atoms. The maximum absolute atomic E-state index is 12.4. The van der Waals surface area contributed by atoms with Gasteiger partial charge in [0, 0.05) is 38.1 Å². The molecule has 23 heavy (non-hydrogen) atoms. The molecular formula is C17H22N4O2. The highest BCUT2D eigenvalue weighted by atomic mass is 16.5. The first-order valence-electron chi connectivity index (χ1n) is 7.71. The van der Waals surface area contributed by atoms with Gasteiger partial charge in [-0.2, -0.15) is 5.26 Å². The Bertz CT molecular complexity index is 596. The second-order valence-electron chi connectivity index (χ2n) is 5.37. The van der Waals surface area contributed by atoms with Crippen molar-refractivity contribution in [3.8, 4) is 11.8 Å². The maximum atomic E-state index is 12.4. The molecule has 1 aliphatic rings. The number of amides is 1. The highest BCUT2D eigenvalue weighted by molar-refractivity contribution is 5.97. The van der Waals surface area contributed by atoms with Crippen LogP contribution in [-0.2, 0) is 4.79 Å². The number of piperazine rings is 1. The zero-order chi connectivity index (χ0) is 16.7. The number of nitriles is 1. The molecule has 1 N–H and O–H groups in total. The average Bonchev–Trinajstić information content (AvgIpc) is 2.57. The molecule has 1 amide bonds. The van der Waals surface area contributed by atoms with E-state index in [2.05, 4.69) is 10.2 Å². The Morgan fingerprint density at radius 2 is 1.96 bits per heavy atom. The number of rotatable bonds is 5. The number of hydrogen-bond acceptors (Lipinski definition) is 5. The molecule has 6 heteroatoms. The molecule has 1 heterocycles. The van der Waals surface area contributed by atoms with Gasteiger partial charge in [0.25, 0.3) is 5.91 Å². The van der Waals surface area contributed by atoms with Crippen molar-refractivity contribution in [2.45, 2.75) is 6.92 Å². The smallest absolute Gasteiger partial charge is 0.266 e. The summed E-state index contributed by atoms with van der Waals surface area (Å²) in [4.78, 5) is 16.2. The van der Waals surface area contributed by atoms with Gasteiger partial charge in [-0.25, -0.2) is 0 Å². The molecule has 1 aromatic rings. The predicted molar refractivity (Wildman–Crippen MR) is 89.0 cm³/mol.